The molecule has 1 aliphatic heterocycles. The second-order valence-electron chi connectivity index (χ2n) is 13.0. The van der Waals surface area contributed by atoms with Crippen molar-refractivity contribution >= 4 is 40.9 Å². The molecule has 0 saturated carbocycles. The summed E-state index contributed by atoms with van der Waals surface area (Å²) in [6.45, 7) is 9.28. The Kier molecular flexibility index (Phi) is 12.3. The van der Waals surface area contributed by atoms with E-state index in [2.05, 4.69) is 31.9 Å². The molecule has 0 fully saturated rings. The van der Waals surface area contributed by atoms with Gasteiger partial charge in [-0.15, -0.1) is 0 Å². The van der Waals surface area contributed by atoms with Crippen LogP contribution in [-0.2, 0) is 32.1 Å². The summed E-state index contributed by atoms with van der Waals surface area (Å²) in [5.74, 6) is -2.70. The number of benzene rings is 3. The van der Waals surface area contributed by atoms with Crippen molar-refractivity contribution in [2.75, 3.05) is 5.32 Å². The van der Waals surface area contributed by atoms with Crippen LogP contribution >= 0.6 is 0 Å². The quantitative estimate of drug-likeness (QED) is 0.247. The van der Waals surface area contributed by atoms with Crippen molar-refractivity contribution in [1.82, 2.24) is 26.6 Å². The van der Waals surface area contributed by atoms with Gasteiger partial charge in [-0.3, -0.25) is 24.0 Å². The Balaban J connectivity index is 1.69. The molecule has 4 rings (SSSR count). The number of carbonyl (C=O) groups excluding carboxylic acids is 5. The van der Waals surface area contributed by atoms with Crippen molar-refractivity contribution in [3.05, 3.63) is 95.6 Å². The standard InChI is InChI=1S/C37H46N6O5/c1-22(2)17-30-35(46)39-24(5)33(44)38-21-26-13-9-15-28(18-26)40-29-16-10-14-27(20-29)34(45)43-32(23(3)4)37(48)42-31(36(47)41-30)19-25-11-7-6-8-12-25/h6-16,18,20,22-24,30-32,40H,17,19,21H2,1-5H3,(H,38,44)(H,39,46)(H,41,47)(H,42,48)(H,43,45)/t24-,30-,31-,32-/m0/s1. The summed E-state index contributed by atoms with van der Waals surface area (Å²) in [6, 6.07) is 19.7. The van der Waals surface area contributed by atoms with E-state index in [1.807, 2.05) is 88.4 Å². The molecular weight excluding hydrogens is 608 g/mol. The molecule has 0 unspecified atom stereocenters. The van der Waals surface area contributed by atoms with E-state index in [0.29, 0.717) is 17.7 Å². The Bertz CT molecular complexity index is 1610. The first-order chi connectivity index (χ1) is 22.9. The molecule has 0 aromatic heterocycles. The Morgan fingerprint density at radius 3 is 2.00 bits per heavy atom. The molecule has 0 spiro atoms. The van der Waals surface area contributed by atoms with Gasteiger partial charge in [-0.05, 0) is 66.6 Å². The zero-order valence-corrected chi connectivity index (χ0v) is 28.1. The molecule has 0 radical (unpaired) electrons. The summed E-state index contributed by atoms with van der Waals surface area (Å²) in [5.41, 5.74) is 3.37. The van der Waals surface area contributed by atoms with E-state index in [4.69, 9.17) is 0 Å². The third-order valence-corrected chi connectivity index (χ3v) is 8.05. The van der Waals surface area contributed by atoms with E-state index in [0.717, 1.165) is 16.8 Å². The SMILES string of the molecule is CC(C)C[C@@H]1NC(=O)[C@H](Cc2ccccc2)NC(=O)[C@H](C(C)C)NC(=O)c2cccc(c2)Nc2cccc(c2)CNC(=O)[C@H](C)NC1=O. The number of nitrogens with one attached hydrogen (secondary N) is 6. The van der Waals surface area contributed by atoms with Gasteiger partial charge in [0.15, 0.2) is 0 Å². The first-order valence-electron chi connectivity index (χ1n) is 16.4. The number of hydrogen-bond acceptors (Lipinski definition) is 6. The molecule has 48 heavy (non-hydrogen) atoms. The van der Waals surface area contributed by atoms with E-state index in [9.17, 15) is 24.0 Å². The molecule has 4 atom stereocenters. The molecule has 11 nitrogen and oxygen atoms in total. The van der Waals surface area contributed by atoms with Crippen LogP contribution in [0.5, 0.6) is 0 Å². The fraction of sp³-hybridized carbons (Fsp3) is 0.378. The summed E-state index contributed by atoms with van der Waals surface area (Å²) < 4.78 is 0. The van der Waals surface area contributed by atoms with Crippen LogP contribution in [0.15, 0.2) is 78.9 Å². The average Bonchev–Trinajstić information content (AvgIpc) is 3.05. The zero-order chi connectivity index (χ0) is 34.8. The molecule has 4 bridgehead atoms. The number of hydrogen-bond donors (Lipinski definition) is 6. The normalized spacial score (nSPS) is 21.4. The van der Waals surface area contributed by atoms with Crippen LogP contribution in [0.4, 0.5) is 11.4 Å². The van der Waals surface area contributed by atoms with Crippen molar-refractivity contribution in [2.24, 2.45) is 11.8 Å². The van der Waals surface area contributed by atoms with Gasteiger partial charge in [0.1, 0.15) is 24.2 Å². The lowest BCUT2D eigenvalue weighted by atomic mass is 9.99. The van der Waals surface area contributed by atoms with Gasteiger partial charge >= 0.3 is 0 Å². The molecular formula is C37H46N6O5. The van der Waals surface area contributed by atoms with E-state index in [1.54, 1.807) is 25.1 Å². The molecule has 11 heteroatoms. The van der Waals surface area contributed by atoms with Crippen LogP contribution in [0.1, 0.15) is 62.5 Å². The van der Waals surface area contributed by atoms with Crippen LogP contribution in [-0.4, -0.2) is 53.7 Å². The molecule has 0 aliphatic carbocycles. The van der Waals surface area contributed by atoms with Crippen molar-refractivity contribution in [3.63, 3.8) is 0 Å². The smallest absolute Gasteiger partial charge is 0.252 e. The largest absolute Gasteiger partial charge is 0.355 e. The monoisotopic (exact) mass is 654 g/mol. The lowest BCUT2D eigenvalue weighted by Gasteiger charge is -2.28. The summed E-state index contributed by atoms with van der Waals surface area (Å²) in [5, 5.41) is 17.4. The molecule has 1 aliphatic rings. The highest BCUT2D eigenvalue weighted by atomic mass is 16.2. The fourth-order valence-electron chi connectivity index (χ4n) is 5.44. The minimum atomic E-state index is -1.05. The maximum atomic E-state index is 13.9. The third kappa shape index (κ3) is 10.2. The summed E-state index contributed by atoms with van der Waals surface area (Å²) >= 11 is 0. The maximum absolute atomic E-state index is 13.9. The van der Waals surface area contributed by atoms with Gasteiger partial charge in [0.2, 0.25) is 23.6 Å². The highest BCUT2D eigenvalue weighted by Gasteiger charge is 2.32. The van der Waals surface area contributed by atoms with Crippen LogP contribution in [0, 0.1) is 11.8 Å². The van der Waals surface area contributed by atoms with Crippen molar-refractivity contribution < 1.29 is 24.0 Å². The Morgan fingerprint density at radius 2 is 1.31 bits per heavy atom. The topological polar surface area (TPSA) is 158 Å². The van der Waals surface area contributed by atoms with Crippen LogP contribution in [0.2, 0.25) is 0 Å². The summed E-state index contributed by atoms with van der Waals surface area (Å²) in [6.07, 6.45) is 0.460. The van der Waals surface area contributed by atoms with Crippen molar-refractivity contribution in [1.29, 1.82) is 0 Å². The zero-order valence-electron chi connectivity index (χ0n) is 28.1. The number of carbonyl (C=O) groups is 5. The third-order valence-electron chi connectivity index (χ3n) is 8.05. The lowest BCUT2D eigenvalue weighted by Crippen LogP contribution is -2.59. The Morgan fingerprint density at radius 1 is 0.667 bits per heavy atom. The lowest BCUT2D eigenvalue weighted by molar-refractivity contribution is -0.134. The van der Waals surface area contributed by atoms with Gasteiger partial charge in [0, 0.05) is 29.9 Å². The van der Waals surface area contributed by atoms with Crippen molar-refractivity contribution in [3.8, 4) is 0 Å². The molecule has 6 N–H and O–H groups in total. The number of rotatable bonds is 5. The van der Waals surface area contributed by atoms with E-state index >= 15 is 0 Å². The van der Waals surface area contributed by atoms with Crippen molar-refractivity contribution in [2.45, 2.75) is 78.2 Å². The highest BCUT2D eigenvalue weighted by Crippen LogP contribution is 2.20. The minimum Gasteiger partial charge on any atom is -0.355 e. The van der Waals surface area contributed by atoms with E-state index < -0.39 is 47.8 Å². The minimum absolute atomic E-state index is 0.0332. The highest BCUT2D eigenvalue weighted by molar-refractivity contribution is 5.99. The number of fused-ring (bicyclic) bond motifs is 4. The van der Waals surface area contributed by atoms with Gasteiger partial charge in [-0.2, -0.15) is 0 Å². The number of amides is 5. The fourth-order valence-corrected chi connectivity index (χ4v) is 5.44. The Labute approximate surface area is 282 Å². The maximum Gasteiger partial charge on any atom is 0.252 e. The van der Waals surface area contributed by atoms with E-state index in [1.165, 1.54) is 0 Å². The van der Waals surface area contributed by atoms with Crippen LogP contribution in [0.25, 0.3) is 0 Å². The number of anilines is 2. The van der Waals surface area contributed by atoms with Gasteiger partial charge in [-0.1, -0.05) is 76.2 Å². The van der Waals surface area contributed by atoms with Gasteiger partial charge in [0.25, 0.3) is 5.91 Å². The van der Waals surface area contributed by atoms with Gasteiger partial charge in [-0.25, -0.2) is 0 Å². The first-order valence-corrected chi connectivity index (χ1v) is 16.4. The summed E-state index contributed by atoms with van der Waals surface area (Å²) in [4.78, 5) is 67.6. The van der Waals surface area contributed by atoms with E-state index in [-0.39, 0.29) is 30.7 Å². The first kappa shape index (κ1) is 35.7. The Hall–Kier alpha value is -5.19. The predicted octanol–water partition coefficient (Wildman–Crippen LogP) is 3.58. The predicted molar refractivity (Wildman–Crippen MR) is 185 cm³/mol. The molecule has 1 heterocycles. The van der Waals surface area contributed by atoms with Gasteiger partial charge in [0.05, 0.1) is 0 Å². The molecule has 5 amide bonds. The molecule has 3 aromatic rings. The van der Waals surface area contributed by atoms with Gasteiger partial charge < -0.3 is 31.9 Å². The van der Waals surface area contributed by atoms with Crippen LogP contribution < -0.4 is 31.9 Å². The average molecular weight is 655 g/mol. The molecule has 3 aromatic carbocycles. The second-order valence-corrected chi connectivity index (χ2v) is 13.0. The molecule has 0 saturated heterocycles. The molecule has 254 valence electrons. The summed E-state index contributed by atoms with van der Waals surface area (Å²) in [7, 11) is 0. The second kappa shape index (κ2) is 16.6. The van der Waals surface area contributed by atoms with Crippen LogP contribution in [0.3, 0.4) is 0 Å².